The average Bonchev–Trinajstić information content (AvgIpc) is 2.65. The van der Waals surface area contributed by atoms with Crippen molar-refractivity contribution in [2.75, 3.05) is 17.2 Å². The van der Waals surface area contributed by atoms with Crippen LogP contribution in [0.3, 0.4) is 0 Å². The molecule has 1 aromatic carbocycles. The van der Waals surface area contributed by atoms with Gasteiger partial charge < -0.3 is 10.3 Å². The van der Waals surface area contributed by atoms with E-state index in [4.69, 9.17) is 5.73 Å². The fraction of sp³-hybridized carbons (Fsp3) is 0.417. The van der Waals surface area contributed by atoms with E-state index in [2.05, 4.69) is 9.55 Å². The number of halogens is 1. The number of aromatic nitrogens is 2. The van der Waals surface area contributed by atoms with Gasteiger partial charge in [-0.25, -0.2) is 9.37 Å². The van der Waals surface area contributed by atoms with E-state index >= 15 is 0 Å². The summed E-state index contributed by atoms with van der Waals surface area (Å²) in [5, 5.41) is 0. The van der Waals surface area contributed by atoms with Crippen LogP contribution in [0.1, 0.15) is 18.9 Å². The lowest BCUT2D eigenvalue weighted by atomic mass is 10.1. The quantitative estimate of drug-likeness (QED) is 0.847. The maximum absolute atomic E-state index is 13.1. The van der Waals surface area contributed by atoms with Crippen LogP contribution in [0, 0.1) is 5.82 Å². The lowest BCUT2D eigenvalue weighted by Gasteiger charge is -2.24. The van der Waals surface area contributed by atoms with Crippen molar-refractivity contribution in [1.82, 2.24) is 9.55 Å². The van der Waals surface area contributed by atoms with Crippen LogP contribution in [0.5, 0.6) is 0 Å². The monoisotopic (exact) mass is 251 g/mol. The normalized spacial score (nSPS) is 20.9. The molecule has 1 aliphatic rings. The van der Waals surface area contributed by atoms with Gasteiger partial charge in [0.25, 0.3) is 0 Å². The van der Waals surface area contributed by atoms with Crippen molar-refractivity contribution in [2.45, 2.75) is 18.9 Å². The number of imidazole rings is 1. The van der Waals surface area contributed by atoms with E-state index in [1.54, 1.807) is 6.07 Å². The van der Waals surface area contributed by atoms with E-state index in [1.165, 1.54) is 24.3 Å². The van der Waals surface area contributed by atoms with Crippen molar-refractivity contribution in [3.63, 3.8) is 0 Å². The summed E-state index contributed by atoms with van der Waals surface area (Å²) in [6, 6.07) is 5.07. The zero-order chi connectivity index (χ0) is 11.8. The van der Waals surface area contributed by atoms with Gasteiger partial charge in [-0.15, -0.1) is 0 Å². The van der Waals surface area contributed by atoms with Gasteiger partial charge >= 0.3 is 0 Å². The van der Waals surface area contributed by atoms with E-state index in [9.17, 15) is 4.39 Å². The number of thioether (sulfide) groups is 1. The van der Waals surface area contributed by atoms with Gasteiger partial charge in [0.2, 0.25) is 5.95 Å². The lowest BCUT2D eigenvalue weighted by Crippen LogP contribution is -2.17. The average molecular weight is 251 g/mol. The first-order valence-electron chi connectivity index (χ1n) is 5.76. The summed E-state index contributed by atoms with van der Waals surface area (Å²) in [6.45, 7) is 0. The van der Waals surface area contributed by atoms with Crippen molar-refractivity contribution in [2.24, 2.45) is 0 Å². The summed E-state index contributed by atoms with van der Waals surface area (Å²) in [7, 11) is 0. The molecule has 1 fully saturated rings. The molecule has 3 nitrogen and oxygen atoms in total. The van der Waals surface area contributed by atoms with Crippen molar-refractivity contribution in [3.8, 4) is 0 Å². The number of nitrogens with zero attached hydrogens (tertiary/aromatic N) is 2. The third kappa shape index (κ3) is 1.88. The minimum atomic E-state index is -0.264. The highest BCUT2D eigenvalue weighted by Gasteiger charge is 2.20. The smallest absolute Gasteiger partial charge is 0.201 e. The SMILES string of the molecule is Nc1nc2cc(F)ccc2n1C1CCCSC1. The van der Waals surface area contributed by atoms with Crippen LogP contribution in [0.15, 0.2) is 18.2 Å². The summed E-state index contributed by atoms with van der Waals surface area (Å²) >= 11 is 1.94. The lowest BCUT2D eigenvalue weighted by molar-refractivity contribution is 0.517. The summed E-state index contributed by atoms with van der Waals surface area (Å²) in [5.41, 5.74) is 7.55. The molecule has 1 saturated heterocycles. The molecule has 1 unspecified atom stereocenters. The first-order chi connectivity index (χ1) is 8.25. The molecular formula is C12H14FN3S. The largest absolute Gasteiger partial charge is 0.369 e. The molecule has 0 bridgehead atoms. The van der Waals surface area contributed by atoms with Gasteiger partial charge in [-0.3, -0.25) is 0 Å². The molecule has 0 spiro atoms. The number of nitrogens with two attached hydrogens (primary N) is 1. The molecule has 0 amide bonds. The zero-order valence-electron chi connectivity index (χ0n) is 9.40. The fourth-order valence-corrected chi connectivity index (χ4v) is 3.53. The van der Waals surface area contributed by atoms with Crippen LogP contribution in [-0.2, 0) is 0 Å². The van der Waals surface area contributed by atoms with E-state index in [1.807, 2.05) is 11.8 Å². The van der Waals surface area contributed by atoms with E-state index < -0.39 is 0 Å². The Labute approximate surface area is 103 Å². The standard InChI is InChI=1S/C12H14FN3S/c13-8-3-4-11-10(6-8)15-12(14)16(11)9-2-1-5-17-7-9/h3-4,6,9H,1-2,5,7H2,(H2,14,15). The molecule has 3 rings (SSSR count). The van der Waals surface area contributed by atoms with E-state index in [-0.39, 0.29) is 5.82 Å². The topological polar surface area (TPSA) is 43.8 Å². The van der Waals surface area contributed by atoms with Crippen LogP contribution >= 0.6 is 11.8 Å². The number of hydrogen-bond acceptors (Lipinski definition) is 3. The number of rotatable bonds is 1. The molecule has 2 N–H and O–H groups in total. The first kappa shape index (κ1) is 10.9. The van der Waals surface area contributed by atoms with Crippen molar-refractivity contribution < 1.29 is 4.39 Å². The number of fused-ring (bicyclic) bond motifs is 1. The number of benzene rings is 1. The maximum atomic E-state index is 13.1. The van der Waals surface area contributed by atoms with Gasteiger partial charge in [-0.05, 0) is 30.7 Å². The third-order valence-electron chi connectivity index (χ3n) is 3.18. The molecule has 90 valence electrons. The molecule has 1 aliphatic heterocycles. The molecule has 0 radical (unpaired) electrons. The van der Waals surface area contributed by atoms with Crippen molar-refractivity contribution >= 4 is 28.7 Å². The molecule has 17 heavy (non-hydrogen) atoms. The molecule has 0 aliphatic carbocycles. The number of hydrogen-bond donors (Lipinski definition) is 1. The third-order valence-corrected chi connectivity index (χ3v) is 4.38. The van der Waals surface area contributed by atoms with Crippen LogP contribution in [-0.4, -0.2) is 21.1 Å². The van der Waals surface area contributed by atoms with Gasteiger partial charge in [0.15, 0.2) is 0 Å². The minimum Gasteiger partial charge on any atom is -0.369 e. The van der Waals surface area contributed by atoms with Gasteiger partial charge in [-0.1, -0.05) is 0 Å². The molecule has 0 saturated carbocycles. The van der Waals surface area contributed by atoms with Crippen molar-refractivity contribution in [3.05, 3.63) is 24.0 Å². The molecule has 1 aromatic heterocycles. The fourth-order valence-electron chi connectivity index (χ4n) is 2.40. The number of anilines is 1. The Hall–Kier alpha value is -1.23. The second-order valence-corrected chi connectivity index (χ2v) is 5.49. The van der Waals surface area contributed by atoms with Crippen LogP contribution in [0.4, 0.5) is 10.3 Å². The summed E-state index contributed by atoms with van der Waals surface area (Å²) in [6.07, 6.45) is 2.33. The Bertz CT molecular complexity index is 546. The predicted octanol–water partition coefficient (Wildman–Crippen LogP) is 2.83. The predicted molar refractivity (Wildman–Crippen MR) is 69.7 cm³/mol. The van der Waals surface area contributed by atoms with Crippen LogP contribution in [0.25, 0.3) is 11.0 Å². The summed E-state index contributed by atoms with van der Waals surface area (Å²) in [4.78, 5) is 4.24. The molecule has 5 heteroatoms. The Morgan fingerprint density at radius 2 is 2.35 bits per heavy atom. The summed E-state index contributed by atoms with van der Waals surface area (Å²) < 4.78 is 15.2. The first-order valence-corrected chi connectivity index (χ1v) is 6.92. The van der Waals surface area contributed by atoms with Gasteiger partial charge in [0, 0.05) is 17.9 Å². The molecule has 1 atom stereocenters. The van der Waals surface area contributed by atoms with Crippen molar-refractivity contribution in [1.29, 1.82) is 0 Å². The van der Waals surface area contributed by atoms with Gasteiger partial charge in [0.1, 0.15) is 5.82 Å². The highest BCUT2D eigenvalue weighted by molar-refractivity contribution is 7.99. The second-order valence-electron chi connectivity index (χ2n) is 4.34. The maximum Gasteiger partial charge on any atom is 0.201 e. The van der Waals surface area contributed by atoms with E-state index in [0.717, 1.165) is 17.7 Å². The highest BCUT2D eigenvalue weighted by atomic mass is 32.2. The Morgan fingerprint density at radius 3 is 3.12 bits per heavy atom. The molecular weight excluding hydrogens is 237 g/mol. The second kappa shape index (κ2) is 4.22. The van der Waals surface area contributed by atoms with E-state index in [0.29, 0.717) is 17.5 Å². The Kier molecular flexibility index (Phi) is 2.70. The van der Waals surface area contributed by atoms with Gasteiger partial charge in [-0.2, -0.15) is 11.8 Å². The van der Waals surface area contributed by atoms with Crippen LogP contribution in [0.2, 0.25) is 0 Å². The van der Waals surface area contributed by atoms with Crippen LogP contribution < -0.4 is 5.73 Å². The molecule has 2 aromatic rings. The number of nitrogen functional groups attached to an aromatic ring is 1. The highest BCUT2D eigenvalue weighted by Crippen LogP contribution is 2.32. The Morgan fingerprint density at radius 1 is 1.47 bits per heavy atom. The summed E-state index contributed by atoms with van der Waals surface area (Å²) in [5.74, 6) is 2.52. The minimum absolute atomic E-state index is 0.264. The Balaban J connectivity index is 2.11. The zero-order valence-corrected chi connectivity index (χ0v) is 10.2. The molecule has 2 heterocycles. The van der Waals surface area contributed by atoms with Gasteiger partial charge in [0.05, 0.1) is 11.0 Å².